The number of rotatable bonds is 9. The molecule has 1 aliphatic heterocycles. The van der Waals surface area contributed by atoms with Crippen molar-refractivity contribution in [2.75, 3.05) is 31.6 Å². The summed E-state index contributed by atoms with van der Waals surface area (Å²) in [6, 6.07) is 12.2. The number of piperidine rings is 1. The number of carbonyl (C=O) groups is 1. The predicted molar refractivity (Wildman–Crippen MR) is 145 cm³/mol. The van der Waals surface area contributed by atoms with Crippen molar-refractivity contribution in [2.24, 2.45) is 0 Å². The van der Waals surface area contributed by atoms with E-state index in [4.69, 9.17) is 21.1 Å². The number of anilines is 1. The fourth-order valence-corrected chi connectivity index (χ4v) is 4.70. The first-order chi connectivity index (χ1) is 18.5. The van der Waals surface area contributed by atoms with Crippen LogP contribution in [0.3, 0.4) is 0 Å². The monoisotopic (exact) mass is 535 g/mol. The van der Waals surface area contributed by atoms with E-state index in [9.17, 15) is 15.2 Å². The highest BCUT2D eigenvalue weighted by atomic mass is 35.5. The summed E-state index contributed by atoms with van der Waals surface area (Å²) >= 11 is 6.38. The molecule has 9 nitrogen and oxygen atoms in total. The summed E-state index contributed by atoms with van der Waals surface area (Å²) < 4.78 is 11.9. The number of pyridine rings is 1. The molecule has 2 fully saturated rings. The third-order valence-electron chi connectivity index (χ3n) is 6.60. The van der Waals surface area contributed by atoms with Crippen LogP contribution < -0.4 is 20.1 Å². The standard InChI is InChI=1S/C28H30ClN5O4/c29-23-13-21(6-7-24(23)33-28(36)32-19-4-5-19)38-26-8-9-31-25-14-27(18(15-30)12-22(25)26)37-17-20(35)16-34-10-2-1-3-11-34/h6-9,12-14,19-20,35H,1-5,10-11,16-17H2,(H2,32,33,36)/t20-/m1/s1. The van der Waals surface area contributed by atoms with E-state index in [-0.39, 0.29) is 18.7 Å². The number of nitrogens with one attached hydrogen (secondary N) is 2. The molecular weight excluding hydrogens is 506 g/mol. The first kappa shape index (κ1) is 26.0. The molecule has 2 heterocycles. The van der Waals surface area contributed by atoms with E-state index in [1.54, 1.807) is 42.6 Å². The SMILES string of the molecule is N#Cc1cc2c(Oc3ccc(NC(=O)NC4CC4)c(Cl)c3)ccnc2cc1OC[C@H](O)CN1CCCCC1. The minimum atomic E-state index is -0.653. The molecule has 1 aromatic heterocycles. The van der Waals surface area contributed by atoms with Crippen LogP contribution in [-0.4, -0.2) is 59.4 Å². The number of likely N-dealkylation sites (tertiary alicyclic amines) is 1. The van der Waals surface area contributed by atoms with Gasteiger partial charge in [-0.15, -0.1) is 0 Å². The minimum Gasteiger partial charge on any atom is -0.489 e. The molecule has 2 amide bonds. The van der Waals surface area contributed by atoms with E-state index in [0.717, 1.165) is 38.8 Å². The molecule has 10 heteroatoms. The topological polar surface area (TPSA) is 120 Å². The third-order valence-corrected chi connectivity index (χ3v) is 6.91. The van der Waals surface area contributed by atoms with Gasteiger partial charge in [-0.05, 0) is 63.0 Å². The van der Waals surface area contributed by atoms with E-state index in [1.807, 2.05) is 0 Å². The van der Waals surface area contributed by atoms with Crippen LogP contribution in [0.5, 0.6) is 17.2 Å². The van der Waals surface area contributed by atoms with Gasteiger partial charge in [-0.2, -0.15) is 5.26 Å². The number of nitrogens with zero attached hydrogens (tertiary/aromatic N) is 3. The maximum absolute atomic E-state index is 12.0. The molecule has 1 saturated heterocycles. The number of hydrogen-bond acceptors (Lipinski definition) is 7. The van der Waals surface area contributed by atoms with E-state index in [2.05, 4.69) is 26.6 Å². The van der Waals surface area contributed by atoms with Gasteiger partial charge in [-0.3, -0.25) is 4.98 Å². The summed E-state index contributed by atoms with van der Waals surface area (Å²) in [5.41, 5.74) is 1.38. The number of halogens is 1. The molecule has 5 rings (SSSR count). The van der Waals surface area contributed by atoms with E-state index >= 15 is 0 Å². The third kappa shape index (κ3) is 6.64. The lowest BCUT2D eigenvalue weighted by atomic mass is 10.1. The largest absolute Gasteiger partial charge is 0.489 e. The van der Waals surface area contributed by atoms with Gasteiger partial charge in [0.1, 0.15) is 36.0 Å². The number of β-amino-alcohol motifs (C(OH)–C–C–N with tert-alkyl or cyclic N) is 1. The highest BCUT2D eigenvalue weighted by molar-refractivity contribution is 6.33. The molecule has 0 bridgehead atoms. The number of hydrogen-bond donors (Lipinski definition) is 3. The van der Waals surface area contributed by atoms with Crippen LogP contribution in [0.2, 0.25) is 5.02 Å². The number of fused-ring (bicyclic) bond motifs is 1. The molecular formula is C28H30ClN5O4. The summed E-state index contributed by atoms with van der Waals surface area (Å²) in [4.78, 5) is 18.7. The Morgan fingerprint density at radius 1 is 1.18 bits per heavy atom. The summed E-state index contributed by atoms with van der Waals surface area (Å²) in [6.07, 6.45) is 6.48. The molecule has 198 valence electrons. The lowest BCUT2D eigenvalue weighted by Crippen LogP contribution is -2.38. The van der Waals surface area contributed by atoms with Crippen molar-refractivity contribution in [2.45, 2.75) is 44.2 Å². The number of aliphatic hydroxyl groups is 1. The molecule has 0 unspecified atom stereocenters. The normalized spacial score (nSPS) is 16.4. The van der Waals surface area contributed by atoms with Gasteiger partial charge in [-0.1, -0.05) is 18.0 Å². The first-order valence-corrected chi connectivity index (χ1v) is 13.3. The van der Waals surface area contributed by atoms with E-state index in [0.29, 0.717) is 51.0 Å². The van der Waals surface area contributed by atoms with Crippen LogP contribution in [0, 0.1) is 11.3 Å². The highest BCUT2D eigenvalue weighted by Gasteiger charge is 2.23. The number of carbonyl (C=O) groups excluding carboxylic acids is 1. The van der Waals surface area contributed by atoms with Crippen molar-refractivity contribution in [3.63, 3.8) is 0 Å². The fraction of sp³-hybridized carbons (Fsp3) is 0.393. The Bertz CT molecular complexity index is 1350. The van der Waals surface area contributed by atoms with Gasteiger partial charge in [0.25, 0.3) is 0 Å². The minimum absolute atomic E-state index is 0.0877. The Morgan fingerprint density at radius 3 is 2.74 bits per heavy atom. The zero-order chi connectivity index (χ0) is 26.5. The summed E-state index contributed by atoms with van der Waals surface area (Å²) in [6.45, 7) is 2.62. The number of amides is 2. The van der Waals surface area contributed by atoms with E-state index in [1.165, 1.54) is 6.42 Å². The second-order valence-corrected chi connectivity index (χ2v) is 10.1. The molecule has 1 atom stereocenters. The Morgan fingerprint density at radius 2 is 2.00 bits per heavy atom. The predicted octanol–water partition coefficient (Wildman–Crippen LogP) is 5.06. The molecule has 3 N–H and O–H groups in total. The first-order valence-electron chi connectivity index (χ1n) is 12.9. The Kier molecular flexibility index (Phi) is 8.13. The van der Waals surface area contributed by atoms with Gasteiger partial charge in [0.05, 0.1) is 21.8 Å². The van der Waals surface area contributed by atoms with Gasteiger partial charge < -0.3 is 30.1 Å². The van der Waals surface area contributed by atoms with Gasteiger partial charge in [-0.25, -0.2) is 4.79 Å². The Hall–Kier alpha value is -3.58. The van der Waals surface area contributed by atoms with Crippen molar-refractivity contribution < 1.29 is 19.4 Å². The molecule has 0 radical (unpaired) electrons. The maximum atomic E-state index is 12.0. The van der Waals surface area contributed by atoms with Crippen molar-refractivity contribution in [3.8, 4) is 23.3 Å². The van der Waals surface area contributed by atoms with Gasteiger partial charge in [0, 0.05) is 36.3 Å². The molecule has 0 spiro atoms. The number of ether oxygens (including phenoxy) is 2. The Balaban J connectivity index is 1.28. The number of nitriles is 1. The van der Waals surface area contributed by atoms with Crippen LogP contribution in [-0.2, 0) is 0 Å². The van der Waals surface area contributed by atoms with Crippen LogP contribution in [0.1, 0.15) is 37.7 Å². The second kappa shape index (κ2) is 11.9. The van der Waals surface area contributed by atoms with Gasteiger partial charge in [0.2, 0.25) is 0 Å². The molecule has 1 saturated carbocycles. The van der Waals surface area contributed by atoms with Crippen molar-refractivity contribution in [1.82, 2.24) is 15.2 Å². The van der Waals surface area contributed by atoms with Gasteiger partial charge >= 0.3 is 6.03 Å². The summed E-state index contributed by atoms with van der Waals surface area (Å²) in [7, 11) is 0. The fourth-order valence-electron chi connectivity index (χ4n) is 4.48. The highest BCUT2D eigenvalue weighted by Crippen LogP contribution is 2.35. The van der Waals surface area contributed by atoms with Crippen LogP contribution in [0.4, 0.5) is 10.5 Å². The van der Waals surface area contributed by atoms with Gasteiger partial charge in [0.15, 0.2) is 0 Å². The van der Waals surface area contributed by atoms with Crippen LogP contribution in [0.15, 0.2) is 42.6 Å². The number of aromatic nitrogens is 1. The number of urea groups is 1. The van der Waals surface area contributed by atoms with Crippen molar-refractivity contribution in [1.29, 1.82) is 5.26 Å². The zero-order valence-corrected chi connectivity index (χ0v) is 21.7. The number of aliphatic hydroxyl groups excluding tert-OH is 1. The molecule has 2 aliphatic rings. The maximum Gasteiger partial charge on any atom is 0.319 e. The quantitative estimate of drug-likeness (QED) is 0.350. The molecule has 2 aromatic carbocycles. The van der Waals surface area contributed by atoms with Crippen LogP contribution >= 0.6 is 11.6 Å². The lowest BCUT2D eigenvalue weighted by Gasteiger charge is -2.28. The molecule has 1 aliphatic carbocycles. The summed E-state index contributed by atoms with van der Waals surface area (Å²) in [5.74, 6) is 1.33. The van der Waals surface area contributed by atoms with Crippen molar-refractivity contribution in [3.05, 3.63) is 53.2 Å². The van der Waals surface area contributed by atoms with Crippen LogP contribution in [0.25, 0.3) is 10.9 Å². The van der Waals surface area contributed by atoms with Crippen molar-refractivity contribution >= 4 is 34.2 Å². The zero-order valence-electron chi connectivity index (χ0n) is 21.0. The average Bonchev–Trinajstić information content (AvgIpc) is 3.73. The smallest absolute Gasteiger partial charge is 0.319 e. The number of benzene rings is 2. The second-order valence-electron chi connectivity index (χ2n) is 9.73. The summed E-state index contributed by atoms with van der Waals surface area (Å²) in [5, 5.41) is 26.8. The van der Waals surface area contributed by atoms with E-state index < -0.39 is 6.10 Å². The average molecular weight is 536 g/mol. The molecule has 38 heavy (non-hydrogen) atoms. The lowest BCUT2D eigenvalue weighted by molar-refractivity contribution is 0.0617. The Labute approximate surface area is 226 Å². The molecule has 3 aromatic rings.